The van der Waals surface area contributed by atoms with Gasteiger partial charge in [-0.2, -0.15) is 13.2 Å². The summed E-state index contributed by atoms with van der Waals surface area (Å²) in [5.74, 6) is -1.76. The summed E-state index contributed by atoms with van der Waals surface area (Å²) in [6.45, 7) is 5.29. The van der Waals surface area contributed by atoms with E-state index in [4.69, 9.17) is 0 Å². The minimum atomic E-state index is -4.57. The summed E-state index contributed by atoms with van der Waals surface area (Å²) >= 11 is 0. The summed E-state index contributed by atoms with van der Waals surface area (Å²) in [7, 11) is 0. The lowest BCUT2D eigenvalue weighted by Crippen LogP contribution is -2.44. The fourth-order valence-electron chi connectivity index (χ4n) is 2.74. The first-order valence-corrected chi connectivity index (χ1v) is 8.32. The van der Waals surface area contributed by atoms with Gasteiger partial charge in [-0.05, 0) is 23.5 Å². The summed E-state index contributed by atoms with van der Waals surface area (Å²) < 4.78 is 36.5. The first kappa shape index (κ1) is 20.7. The molecule has 1 unspecified atom stereocenters. The van der Waals surface area contributed by atoms with Crippen molar-refractivity contribution in [2.45, 2.75) is 44.8 Å². The molecule has 9 heteroatoms. The second-order valence-corrected chi connectivity index (χ2v) is 7.67. The van der Waals surface area contributed by atoms with Crippen molar-refractivity contribution in [1.82, 2.24) is 15.5 Å². The van der Waals surface area contributed by atoms with E-state index in [1.165, 1.54) is 6.92 Å². The van der Waals surface area contributed by atoms with Crippen LogP contribution in [0.2, 0.25) is 0 Å². The van der Waals surface area contributed by atoms with E-state index in [-0.39, 0.29) is 5.41 Å². The van der Waals surface area contributed by atoms with Crippen molar-refractivity contribution in [3.63, 3.8) is 0 Å². The maximum absolute atomic E-state index is 12.7. The summed E-state index contributed by atoms with van der Waals surface area (Å²) in [4.78, 5) is 37.1. The Kier molecular flexibility index (Phi) is 5.27. The van der Waals surface area contributed by atoms with Crippen LogP contribution in [-0.2, 0) is 20.5 Å². The van der Waals surface area contributed by atoms with E-state index >= 15 is 0 Å². The molecule has 0 saturated carbocycles. The number of imide groups is 1. The van der Waals surface area contributed by atoms with Crippen LogP contribution in [0.1, 0.15) is 38.8 Å². The van der Waals surface area contributed by atoms with Crippen LogP contribution < -0.4 is 10.6 Å². The molecule has 1 saturated heterocycles. The van der Waals surface area contributed by atoms with Crippen LogP contribution in [-0.4, -0.2) is 42.0 Å². The van der Waals surface area contributed by atoms with Crippen LogP contribution >= 0.6 is 0 Å². The highest BCUT2D eigenvalue weighted by Gasteiger charge is 2.49. The van der Waals surface area contributed by atoms with Crippen molar-refractivity contribution in [3.05, 3.63) is 35.4 Å². The molecule has 148 valence electrons. The first-order valence-electron chi connectivity index (χ1n) is 8.32. The van der Waals surface area contributed by atoms with Gasteiger partial charge >= 0.3 is 12.2 Å². The molecule has 1 aromatic rings. The van der Waals surface area contributed by atoms with Gasteiger partial charge in [-0.3, -0.25) is 14.5 Å². The Hall–Kier alpha value is -2.58. The topological polar surface area (TPSA) is 78.5 Å². The predicted octanol–water partition coefficient (Wildman–Crippen LogP) is 2.43. The number of urea groups is 1. The Balaban J connectivity index is 2.15. The number of halogens is 3. The molecular formula is C18H22F3N3O3. The lowest BCUT2D eigenvalue weighted by molar-refractivity contribution is -0.141. The molecule has 2 rings (SSSR count). The number of nitrogens with zero attached hydrogens (tertiary/aromatic N) is 1. The molecule has 27 heavy (non-hydrogen) atoms. The molecular weight excluding hydrogens is 363 g/mol. The van der Waals surface area contributed by atoms with Crippen molar-refractivity contribution in [2.24, 2.45) is 0 Å². The molecule has 0 aromatic heterocycles. The number of rotatable bonds is 4. The zero-order chi connectivity index (χ0) is 20.6. The Morgan fingerprint density at radius 2 is 1.70 bits per heavy atom. The third-order valence-electron chi connectivity index (χ3n) is 4.39. The van der Waals surface area contributed by atoms with Gasteiger partial charge in [0.15, 0.2) is 0 Å². The first-order chi connectivity index (χ1) is 12.2. The number of hydrogen-bond acceptors (Lipinski definition) is 3. The minimum absolute atomic E-state index is 0.0923. The number of hydrogen-bond donors (Lipinski definition) is 2. The zero-order valence-corrected chi connectivity index (χ0v) is 15.5. The maximum atomic E-state index is 12.7. The number of carbonyl (C=O) groups is 3. The van der Waals surface area contributed by atoms with Gasteiger partial charge in [-0.25, -0.2) is 4.79 Å². The molecule has 1 aromatic carbocycles. The molecule has 0 bridgehead atoms. The van der Waals surface area contributed by atoms with Crippen LogP contribution in [0.25, 0.3) is 0 Å². The molecule has 1 fully saturated rings. The minimum Gasteiger partial charge on any atom is -0.345 e. The van der Waals surface area contributed by atoms with Gasteiger partial charge in [-0.1, -0.05) is 45.0 Å². The average Bonchev–Trinajstić information content (AvgIpc) is 2.76. The fourth-order valence-corrected chi connectivity index (χ4v) is 2.74. The van der Waals surface area contributed by atoms with E-state index in [0.717, 1.165) is 5.56 Å². The molecule has 2 N–H and O–H groups in total. The van der Waals surface area contributed by atoms with Crippen LogP contribution in [0.15, 0.2) is 24.3 Å². The smallest absolute Gasteiger partial charge is 0.345 e. The molecule has 0 radical (unpaired) electrons. The quantitative estimate of drug-likeness (QED) is 0.782. The van der Waals surface area contributed by atoms with Gasteiger partial charge in [0.05, 0.1) is 0 Å². The van der Waals surface area contributed by atoms with E-state index in [1.807, 2.05) is 32.9 Å². The Labute approximate surface area is 155 Å². The van der Waals surface area contributed by atoms with Crippen LogP contribution in [0, 0.1) is 0 Å². The Morgan fingerprint density at radius 1 is 1.15 bits per heavy atom. The highest BCUT2D eigenvalue weighted by Crippen LogP contribution is 2.31. The Bertz CT molecular complexity index is 754. The second kappa shape index (κ2) is 6.86. The molecule has 4 amide bonds. The summed E-state index contributed by atoms with van der Waals surface area (Å²) in [5.41, 5.74) is 0.0741. The number of nitrogens with one attached hydrogen (secondary N) is 2. The van der Waals surface area contributed by atoms with E-state index in [2.05, 4.69) is 5.32 Å². The van der Waals surface area contributed by atoms with Crippen molar-refractivity contribution >= 4 is 17.8 Å². The molecule has 1 aliphatic rings. The fraction of sp³-hybridized carbons (Fsp3) is 0.500. The molecule has 0 aliphatic carbocycles. The number of amides is 4. The van der Waals surface area contributed by atoms with Crippen LogP contribution in [0.3, 0.4) is 0 Å². The molecule has 1 heterocycles. The van der Waals surface area contributed by atoms with Crippen LogP contribution in [0.5, 0.6) is 0 Å². The highest BCUT2D eigenvalue weighted by atomic mass is 19.4. The van der Waals surface area contributed by atoms with E-state index in [9.17, 15) is 27.6 Å². The van der Waals surface area contributed by atoms with Crippen molar-refractivity contribution in [1.29, 1.82) is 0 Å². The SMILES string of the molecule is CC(C)(C)c1ccc(C2(C)NC(=O)N(CC(=O)NCC(F)(F)F)C2=O)cc1. The predicted molar refractivity (Wildman–Crippen MR) is 91.8 cm³/mol. The van der Waals surface area contributed by atoms with Gasteiger partial charge in [0.2, 0.25) is 5.91 Å². The second-order valence-electron chi connectivity index (χ2n) is 7.67. The van der Waals surface area contributed by atoms with E-state index in [1.54, 1.807) is 17.4 Å². The number of benzene rings is 1. The van der Waals surface area contributed by atoms with Gasteiger partial charge in [0.1, 0.15) is 18.6 Å². The molecule has 0 spiro atoms. The van der Waals surface area contributed by atoms with Crippen LogP contribution in [0.4, 0.5) is 18.0 Å². The highest BCUT2D eigenvalue weighted by molar-refractivity contribution is 6.09. The summed E-state index contributed by atoms with van der Waals surface area (Å²) in [6.07, 6.45) is -4.57. The van der Waals surface area contributed by atoms with Crippen molar-refractivity contribution in [3.8, 4) is 0 Å². The lowest BCUT2D eigenvalue weighted by Gasteiger charge is -2.24. The van der Waals surface area contributed by atoms with Gasteiger partial charge in [-0.15, -0.1) is 0 Å². The van der Waals surface area contributed by atoms with E-state index in [0.29, 0.717) is 10.5 Å². The standard InChI is InChI=1S/C18H22F3N3O3/c1-16(2,3)11-5-7-12(8-6-11)17(4)14(26)24(15(27)23-17)9-13(25)22-10-18(19,20)21/h5-8H,9-10H2,1-4H3,(H,22,25)(H,23,27). The molecule has 6 nitrogen and oxygen atoms in total. The average molecular weight is 385 g/mol. The summed E-state index contributed by atoms with van der Waals surface area (Å²) in [6, 6.07) is 6.29. The molecule has 1 atom stereocenters. The summed E-state index contributed by atoms with van der Waals surface area (Å²) in [5, 5.41) is 4.16. The zero-order valence-electron chi connectivity index (χ0n) is 15.5. The van der Waals surface area contributed by atoms with E-state index < -0.39 is 42.7 Å². The monoisotopic (exact) mass is 385 g/mol. The maximum Gasteiger partial charge on any atom is 0.405 e. The third kappa shape index (κ3) is 4.58. The van der Waals surface area contributed by atoms with Crippen molar-refractivity contribution in [2.75, 3.05) is 13.1 Å². The molecule has 1 aliphatic heterocycles. The number of carbonyl (C=O) groups excluding carboxylic acids is 3. The lowest BCUT2D eigenvalue weighted by atomic mass is 9.84. The van der Waals surface area contributed by atoms with Crippen molar-refractivity contribution < 1.29 is 27.6 Å². The Morgan fingerprint density at radius 3 is 2.19 bits per heavy atom. The van der Waals surface area contributed by atoms with Gasteiger partial charge < -0.3 is 10.6 Å². The third-order valence-corrected chi connectivity index (χ3v) is 4.39. The number of alkyl halides is 3. The normalized spacial score (nSPS) is 20.6. The largest absolute Gasteiger partial charge is 0.405 e. The van der Waals surface area contributed by atoms with Gasteiger partial charge in [0, 0.05) is 0 Å². The van der Waals surface area contributed by atoms with Gasteiger partial charge in [0.25, 0.3) is 5.91 Å².